The molecule has 0 spiro atoms. The van der Waals surface area contributed by atoms with Gasteiger partial charge in [0.15, 0.2) is 21.0 Å². The van der Waals surface area contributed by atoms with Crippen LogP contribution in [0.15, 0.2) is 108 Å². The van der Waals surface area contributed by atoms with E-state index in [1.807, 2.05) is 6.07 Å². The van der Waals surface area contributed by atoms with Gasteiger partial charge in [-0.25, -0.2) is 42.7 Å². The molecule has 9 aliphatic rings. The van der Waals surface area contributed by atoms with Crippen molar-refractivity contribution in [3.63, 3.8) is 0 Å². The van der Waals surface area contributed by atoms with Gasteiger partial charge in [0.05, 0.1) is 88.0 Å². The Balaban J connectivity index is 0.000000112. The van der Waals surface area contributed by atoms with Gasteiger partial charge in [0.2, 0.25) is 0 Å². The van der Waals surface area contributed by atoms with Crippen molar-refractivity contribution in [2.75, 3.05) is 0 Å². The molecule has 9 saturated carbocycles. The second kappa shape index (κ2) is 31.7. The van der Waals surface area contributed by atoms with Crippen LogP contribution in [0.4, 0.5) is 30.2 Å². The maximum atomic E-state index is 14.5. The molecule has 9 fully saturated rings. The van der Waals surface area contributed by atoms with Crippen molar-refractivity contribution in [3.05, 3.63) is 221 Å². The highest BCUT2D eigenvalue weighted by Crippen LogP contribution is 2.61. The summed E-state index contributed by atoms with van der Waals surface area (Å²) in [4.78, 5) is 34.5. The highest BCUT2D eigenvalue weighted by Gasteiger charge is 2.59. The first kappa shape index (κ1) is 78.7. The lowest BCUT2D eigenvalue weighted by Gasteiger charge is -2.34. The Morgan fingerprint density at radius 1 is 0.470 bits per heavy atom. The summed E-state index contributed by atoms with van der Waals surface area (Å²) in [7, 11) is 0. The van der Waals surface area contributed by atoms with Gasteiger partial charge in [-0.2, -0.15) is 0 Å². The zero-order valence-corrected chi connectivity index (χ0v) is 69.2. The quantitative estimate of drug-likeness (QED) is 0.0811. The first-order chi connectivity index (χ1) is 55.5. The molecule has 6 bridgehead atoms. The maximum Gasteiger partial charge on any atom is 0.191 e. The number of hydrogen-bond acceptors (Lipinski definition) is 18. The number of aliphatic hydroxyl groups is 2. The number of carbonyl (C=O) groups excluding carboxylic acids is 1. The largest absolute Gasteiger partial charge is 0.382 e. The van der Waals surface area contributed by atoms with Crippen LogP contribution >= 0.6 is 120 Å². The molecule has 11 atom stereocenters. The van der Waals surface area contributed by atoms with Crippen molar-refractivity contribution in [3.8, 4) is 33.8 Å². The predicted molar refractivity (Wildman–Crippen MR) is 438 cm³/mol. The molecule has 0 radical (unpaired) electrons. The number of Topliss-reactive ketones (excluding diaryl/α,β-unsaturated/α-hetero) is 1. The zero-order valence-electron chi connectivity index (χ0n) is 60.6. The van der Waals surface area contributed by atoms with Gasteiger partial charge in [0.1, 0.15) is 95.4 Å². The van der Waals surface area contributed by atoms with Crippen LogP contribution in [0.5, 0.6) is 0 Å². The number of benzene rings is 6. The highest BCUT2D eigenvalue weighted by atomic mass is 79.9. The average Bonchev–Trinajstić information content (AvgIpc) is 1.57. The van der Waals surface area contributed by atoms with Crippen LogP contribution in [0.2, 0.25) is 30.1 Å². The number of nitrogens with zero attached hydrogens (tertiary/aromatic N) is 9. The van der Waals surface area contributed by atoms with Crippen LogP contribution < -0.4 is 0 Å². The Kier molecular flexibility index (Phi) is 21.7. The molecule has 9 unspecified atom stereocenters. The third kappa shape index (κ3) is 15.1. The molecule has 6 aromatic heterocycles. The lowest BCUT2D eigenvalue weighted by atomic mass is 9.83. The molecular formula is C84H65BrCl6F3N9O9S3. The lowest BCUT2D eigenvalue weighted by Crippen LogP contribution is -2.37. The Morgan fingerprint density at radius 3 is 1.11 bits per heavy atom. The number of rotatable bonds is 17. The minimum Gasteiger partial charge on any atom is -0.382 e. The summed E-state index contributed by atoms with van der Waals surface area (Å²) in [6.07, 6.45) is 13.0. The van der Waals surface area contributed by atoms with Crippen LogP contribution in [0.25, 0.3) is 79.0 Å². The summed E-state index contributed by atoms with van der Waals surface area (Å²) in [6, 6.07) is 24.6. The van der Waals surface area contributed by atoms with Gasteiger partial charge in [0, 0.05) is 77.6 Å². The lowest BCUT2D eigenvalue weighted by molar-refractivity contribution is -0.124. The molecule has 588 valence electrons. The van der Waals surface area contributed by atoms with Gasteiger partial charge in [-0.1, -0.05) is 103 Å². The molecule has 0 saturated heterocycles. The van der Waals surface area contributed by atoms with Crippen molar-refractivity contribution in [2.24, 2.45) is 35.5 Å². The van der Waals surface area contributed by atoms with Crippen LogP contribution in [0, 0.1) is 72.7 Å². The standard InChI is InChI=1S/2C28H22Cl2FN3O3S.C20H19Cl2NO3.C8H2BrFN2S/c2*1-32-16-9-20(31)25-22(10-16)38-27(33-25)28(35)11-14-7-15(28)8-21(14)36-12-17-24(34-37-26(17)13-5-6-13)23-18(29)3-2-4-19(23)30;21-14-2-1-3-15(22)18(14)19-13(20(26-23-19)10-4-5-10)9-25-17-8-11-6-12(17)7-16(11)24;1-11-4-2-5(10)7-6(3-4)13-8(9)12-7/h2*2-4,9-10,13-15,21,35H,5-8,11-12H2;1-3,10-12,17H,4-9H2;2-3H/t2*14?,15?,21?,28-;;/m00../s1. The molecule has 0 amide bonds. The van der Waals surface area contributed by atoms with E-state index in [0.717, 1.165) is 98.2 Å². The van der Waals surface area contributed by atoms with Gasteiger partial charge >= 0.3 is 0 Å². The average molecular weight is 1790 g/mol. The molecule has 6 aromatic carbocycles. The van der Waals surface area contributed by atoms with Crippen molar-refractivity contribution < 1.29 is 56.0 Å². The fourth-order valence-corrected chi connectivity index (χ4v) is 23.4. The van der Waals surface area contributed by atoms with E-state index < -0.39 is 28.7 Å². The summed E-state index contributed by atoms with van der Waals surface area (Å²) in [5.74, 6) is 3.36. The van der Waals surface area contributed by atoms with Crippen molar-refractivity contribution >= 4 is 173 Å². The highest BCUT2D eigenvalue weighted by molar-refractivity contribution is 9.11. The molecule has 115 heavy (non-hydrogen) atoms. The van der Waals surface area contributed by atoms with Crippen LogP contribution in [-0.4, -0.2) is 64.7 Å². The van der Waals surface area contributed by atoms with Crippen molar-refractivity contribution in [1.29, 1.82) is 0 Å². The fourth-order valence-electron chi connectivity index (χ4n) is 17.8. The van der Waals surface area contributed by atoms with E-state index in [1.54, 1.807) is 66.7 Å². The molecule has 31 heteroatoms. The van der Waals surface area contributed by atoms with Gasteiger partial charge in [0.25, 0.3) is 0 Å². The van der Waals surface area contributed by atoms with E-state index in [9.17, 15) is 28.2 Å². The predicted octanol–water partition coefficient (Wildman–Crippen LogP) is 25.2. The molecule has 9 aliphatic carbocycles. The number of thiazole rings is 3. The second-order valence-corrected chi connectivity index (χ2v) is 38.0. The molecule has 18 nitrogen and oxygen atoms in total. The minimum absolute atomic E-state index is 0.0309. The van der Waals surface area contributed by atoms with Crippen molar-refractivity contribution in [1.82, 2.24) is 30.4 Å². The molecule has 6 heterocycles. The number of ether oxygens (including phenoxy) is 3. The van der Waals surface area contributed by atoms with E-state index in [0.29, 0.717) is 185 Å². The van der Waals surface area contributed by atoms with Crippen LogP contribution in [0.3, 0.4) is 0 Å². The van der Waals surface area contributed by atoms with E-state index in [2.05, 4.69) is 60.9 Å². The number of fused-ring (bicyclic) bond motifs is 9. The number of hydrogen-bond donors (Lipinski definition) is 2. The summed E-state index contributed by atoms with van der Waals surface area (Å²) in [6.45, 7) is 22.2. The van der Waals surface area contributed by atoms with Gasteiger partial charge in [-0.3, -0.25) is 4.79 Å². The first-order valence-corrected chi connectivity index (χ1v) is 43.2. The Morgan fingerprint density at radius 2 is 0.809 bits per heavy atom. The van der Waals surface area contributed by atoms with Gasteiger partial charge in [-0.15, -0.1) is 34.0 Å². The first-order valence-electron chi connectivity index (χ1n) is 37.7. The number of halogens is 10. The summed E-state index contributed by atoms with van der Waals surface area (Å²) in [5.41, 5.74) is 5.94. The number of aromatic nitrogens is 6. The molecule has 21 rings (SSSR count). The molecule has 12 aromatic rings. The van der Waals surface area contributed by atoms with E-state index in [4.69, 9.17) is 117 Å². The monoisotopic (exact) mass is 1790 g/mol. The van der Waals surface area contributed by atoms with E-state index >= 15 is 0 Å². The van der Waals surface area contributed by atoms with Crippen LogP contribution in [-0.2, 0) is 50.0 Å². The molecule has 0 aliphatic heterocycles. The third-order valence-corrected chi connectivity index (χ3v) is 29.6. The third-order valence-electron chi connectivity index (χ3n) is 23.9. The number of carbonyl (C=O) groups is 1. The fraction of sp³-hybridized carbons (Fsp3) is 0.381. The smallest absolute Gasteiger partial charge is 0.191 e. The van der Waals surface area contributed by atoms with Crippen LogP contribution in [0.1, 0.15) is 158 Å². The van der Waals surface area contributed by atoms with E-state index in [1.165, 1.54) is 52.2 Å². The Bertz CT molecular complexity index is 5730. The summed E-state index contributed by atoms with van der Waals surface area (Å²) in [5, 5.41) is 40.5. The minimum atomic E-state index is -1.12. The Hall–Kier alpha value is -7.43. The molecule has 2 N–H and O–H groups in total. The summed E-state index contributed by atoms with van der Waals surface area (Å²) < 4.78 is 81.1. The zero-order chi connectivity index (χ0) is 79.6. The summed E-state index contributed by atoms with van der Waals surface area (Å²) >= 11 is 45.8. The van der Waals surface area contributed by atoms with Gasteiger partial charge in [-0.05, 0) is 208 Å². The maximum absolute atomic E-state index is 14.5. The SMILES string of the molecule is O=C1CC2CC1CC2OCc1c(-c2c(Cl)cccc2Cl)noc1C1CC1.[C-]#[N+]c1cc(F)c2nc(Br)sc2c1.[C-]#[N+]c1cc(F)c2nc([C@]3(O)CC4CC3CC4OCc3c(-c4c(Cl)cccc4Cl)noc3C3CC3)sc2c1.[C-]#[N+]c1cc(F)c2nc([C@]3(O)CC4CC3CC4OCc3c(-c4c(Cl)cccc4Cl)noc3C3CC3)sc2c1. The van der Waals surface area contributed by atoms with Crippen molar-refractivity contribution in [2.45, 2.75) is 163 Å². The topological polar surface area (TPSA) is 215 Å². The Labute approximate surface area is 707 Å². The van der Waals surface area contributed by atoms with E-state index in [-0.39, 0.29) is 70.3 Å². The number of ketones is 1. The second-order valence-electron chi connectivity index (χ2n) is 31.2. The normalized spacial score (nSPS) is 24.8. The molecular weight excluding hydrogens is 1720 g/mol. The van der Waals surface area contributed by atoms with Gasteiger partial charge < -0.3 is 38.0 Å².